The summed E-state index contributed by atoms with van der Waals surface area (Å²) in [5.41, 5.74) is 4.19. The van der Waals surface area contributed by atoms with Crippen LogP contribution in [0.2, 0.25) is 10.0 Å². The SMILES string of the molecule is CC(CC(NN)c1ccc(Cl)c(Cl)c1)C(C)(C)C. The second-order valence-electron chi connectivity index (χ2n) is 5.90. The molecule has 0 aliphatic heterocycles. The van der Waals surface area contributed by atoms with Crippen molar-refractivity contribution in [3.05, 3.63) is 33.8 Å². The van der Waals surface area contributed by atoms with E-state index in [2.05, 4.69) is 33.1 Å². The molecular formula is C14H22Cl2N2. The van der Waals surface area contributed by atoms with Crippen molar-refractivity contribution in [1.82, 2.24) is 5.43 Å². The van der Waals surface area contributed by atoms with Gasteiger partial charge in [0.25, 0.3) is 0 Å². The highest BCUT2D eigenvalue weighted by molar-refractivity contribution is 6.42. The summed E-state index contributed by atoms with van der Waals surface area (Å²) in [6, 6.07) is 5.75. The maximum Gasteiger partial charge on any atom is 0.0595 e. The van der Waals surface area contributed by atoms with Crippen LogP contribution in [0.3, 0.4) is 0 Å². The lowest BCUT2D eigenvalue weighted by Gasteiger charge is -2.30. The maximum atomic E-state index is 6.04. The van der Waals surface area contributed by atoms with Crippen LogP contribution in [0.15, 0.2) is 18.2 Å². The predicted octanol–water partition coefficient (Wildman–Crippen LogP) is 4.57. The standard InChI is InChI=1S/C14H22Cl2N2/c1-9(14(2,3)4)7-13(18-17)10-5-6-11(15)12(16)8-10/h5-6,8-9,13,18H,7,17H2,1-4H3. The van der Waals surface area contributed by atoms with Crippen LogP contribution in [-0.2, 0) is 0 Å². The molecule has 4 heteroatoms. The Bertz CT molecular complexity index is 399. The zero-order valence-corrected chi connectivity index (χ0v) is 12.9. The third-order valence-corrected chi connectivity index (χ3v) is 4.35. The summed E-state index contributed by atoms with van der Waals surface area (Å²) in [5.74, 6) is 6.19. The smallest absolute Gasteiger partial charge is 0.0595 e. The van der Waals surface area contributed by atoms with Gasteiger partial charge in [-0.25, -0.2) is 0 Å². The van der Waals surface area contributed by atoms with Crippen molar-refractivity contribution in [2.75, 3.05) is 0 Å². The Labute approximate surface area is 120 Å². The van der Waals surface area contributed by atoms with Crippen molar-refractivity contribution < 1.29 is 0 Å². The summed E-state index contributed by atoms with van der Waals surface area (Å²) in [6.07, 6.45) is 0.956. The summed E-state index contributed by atoms with van der Waals surface area (Å²) in [7, 11) is 0. The van der Waals surface area contributed by atoms with Crippen molar-refractivity contribution in [2.24, 2.45) is 17.2 Å². The van der Waals surface area contributed by atoms with Gasteiger partial charge in [0.05, 0.1) is 10.0 Å². The Morgan fingerprint density at radius 1 is 1.22 bits per heavy atom. The van der Waals surface area contributed by atoms with Crippen LogP contribution < -0.4 is 11.3 Å². The van der Waals surface area contributed by atoms with Crippen LogP contribution in [-0.4, -0.2) is 0 Å². The minimum absolute atomic E-state index is 0.0917. The summed E-state index contributed by atoms with van der Waals surface area (Å²) in [4.78, 5) is 0. The van der Waals surface area contributed by atoms with E-state index in [9.17, 15) is 0 Å². The van der Waals surface area contributed by atoms with Gasteiger partial charge in [-0.3, -0.25) is 11.3 Å². The van der Waals surface area contributed by atoms with E-state index in [4.69, 9.17) is 29.0 Å². The number of rotatable bonds is 4. The fourth-order valence-corrected chi connectivity index (χ4v) is 2.04. The van der Waals surface area contributed by atoms with Gasteiger partial charge in [-0.1, -0.05) is 57.0 Å². The summed E-state index contributed by atoms with van der Waals surface area (Å²) in [5, 5.41) is 1.14. The van der Waals surface area contributed by atoms with Crippen LogP contribution in [0.1, 0.15) is 45.7 Å². The zero-order chi connectivity index (χ0) is 13.9. The van der Waals surface area contributed by atoms with Crippen LogP contribution >= 0.6 is 23.2 Å². The molecule has 3 N–H and O–H groups in total. The first-order valence-corrected chi connectivity index (χ1v) is 6.92. The second kappa shape index (κ2) is 6.25. The quantitative estimate of drug-likeness (QED) is 0.629. The molecular weight excluding hydrogens is 267 g/mol. The number of nitrogens with two attached hydrogens (primary N) is 1. The van der Waals surface area contributed by atoms with Gasteiger partial charge in [-0.05, 0) is 35.4 Å². The molecule has 2 nitrogen and oxygen atoms in total. The van der Waals surface area contributed by atoms with E-state index in [0.717, 1.165) is 12.0 Å². The maximum absolute atomic E-state index is 6.04. The lowest BCUT2D eigenvalue weighted by atomic mass is 9.77. The molecule has 0 saturated carbocycles. The topological polar surface area (TPSA) is 38.0 Å². The third-order valence-electron chi connectivity index (χ3n) is 3.61. The van der Waals surface area contributed by atoms with E-state index in [-0.39, 0.29) is 11.5 Å². The molecule has 2 atom stereocenters. The first-order chi connectivity index (χ1) is 8.25. The number of nitrogens with one attached hydrogen (secondary N) is 1. The fraction of sp³-hybridized carbons (Fsp3) is 0.571. The van der Waals surface area contributed by atoms with E-state index in [1.165, 1.54) is 0 Å². The molecule has 0 aliphatic rings. The van der Waals surface area contributed by atoms with E-state index in [1.807, 2.05) is 18.2 Å². The van der Waals surface area contributed by atoms with Gasteiger partial charge in [-0.2, -0.15) is 0 Å². The Morgan fingerprint density at radius 2 is 1.83 bits per heavy atom. The molecule has 0 amide bonds. The highest BCUT2D eigenvalue weighted by Gasteiger charge is 2.24. The largest absolute Gasteiger partial charge is 0.271 e. The summed E-state index contributed by atoms with van der Waals surface area (Å²) < 4.78 is 0. The first kappa shape index (κ1) is 15.8. The minimum Gasteiger partial charge on any atom is -0.271 e. The normalized spacial score (nSPS) is 15.5. The molecule has 0 saturated heterocycles. The minimum atomic E-state index is 0.0917. The van der Waals surface area contributed by atoms with Crippen molar-refractivity contribution in [3.63, 3.8) is 0 Å². The van der Waals surface area contributed by atoms with Crippen molar-refractivity contribution in [2.45, 2.75) is 40.2 Å². The molecule has 1 aromatic carbocycles. The van der Waals surface area contributed by atoms with Crippen molar-refractivity contribution >= 4 is 23.2 Å². The second-order valence-corrected chi connectivity index (χ2v) is 6.71. The van der Waals surface area contributed by atoms with Gasteiger partial charge in [0.1, 0.15) is 0 Å². The first-order valence-electron chi connectivity index (χ1n) is 6.16. The van der Waals surface area contributed by atoms with Crippen LogP contribution in [0.5, 0.6) is 0 Å². The Morgan fingerprint density at radius 3 is 2.28 bits per heavy atom. The molecule has 0 aromatic heterocycles. The fourth-order valence-electron chi connectivity index (χ4n) is 1.74. The third kappa shape index (κ3) is 4.13. The van der Waals surface area contributed by atoms with Gasteiger partial charge in [-0.15, -0.1) is 0 Å². The Balaban J connectivity index is 2.86. The Hall–Kier alpha value is -0.280. The highest BCUT2D eigenvalue weighted by atomic mass is 35.5. The van der Waals surface area contributed by atoms with Crippen LogP contribution in [0, 0.1) is 11.3 Å². The van der Waals surface area contributed by atoms with E-state index in [0.29, 0.717) is 16.0 Å². The van der Waals surface area contributed by atoms with Gasteiger partial charge in [0.15, 0.2) is 0 Å². The molecule has 18 heavy (non-hydrogen) atoms. The van der Waals surface area contributed by atoms with Crippen molar-refractivity contribution in [3.8, 4) is 0 Å². The molecule has 1 aromatic rings. The molecule has 0 bridgehead atoms. The van der Waals surface area contributed by atoms with Crippen molar-refractivity contribution in [1.29, 1.82) is 0 Å². The van der Waals surface area contributed by atoms with Gasteiger partial charge in [0, 0.05) is 6.04 Å². The number of hydrazine groups is 1. The summed E-state index contributed by atoms with van der Waals surface area (Å²) in [6.45, 7) is 8.95. The number of halogens is 2. The van der Waals surface area contributed by atoms with Crippen LogP contribution in [0.4, 0.5) is 0 Å². The lowest BCUT2D eigenvalue weighted by Crippen LogP contribution is -2.31. The van der Waals surface area contributed by atoms with Gasteiger partial charge < -0.3 is 0 Å². The molecule has 0 aliphatic carbocycles. The number of hydrogen-bond acceptors (Lipinski definition) is 2. The van der Waals surface area contributed by atoms with Gasteiger partial charge >= 0.3 is 0 Å². The number of benzene rings is 1. The highest BCUT2D eigenvalue weighted by Crippen LogP contribution is 2.34. The molecule has 102 valence electrons. The molecule has 2 unspecified atom stereocenters. The predicted molar refractivity (Wildman–Crippen MR) is 79.8 cm³/mol. The van der Waals surface area contributed by atoms with E-state index >= 15 is 0 Å². The van der Waals surface area contributed by atoms with E-state index < -0.39 is 0 Å². The Kier molecular flexibility index (Phi) is 5.47. The lowest BCUT2D eigenvalue weighted by molar-refractivity contribution is 0.223. The molecule has 0 heterocycles. The monoisotopic (exact) mass is 288 g/mol. The average molecular weight is 289 g/mol. The van der Waals surface area contributed by atoms with E-state index in [1.54, 1.807) is 0 Å². The molecule has 0 radical (unpaired) electrons. The summed E-state index contributed by atoms with van der Waals surface area (Å²) >= 11 is 12.0. The average Bonchev–Trinajstić information content (AvgIpc) is 2.28. The van der Waals surface area contributed by atoms with Gasteiger partial charge in [0.2, 0.25) is 0 Å². The molecule has 0 spiro atoms. The zero-order valence-electron chi connectivity index (χ0n) is 11.4. The van der Waals surface area contributed by atoms with Crippen LogP contribution in [0.25, 0.3) is 0 Å². The number of hydrogen-bond donors (Lipinski definition) is 2. The molecule has 0 fully saturated rings. The molecule has 1 rings (SSSR count).